The molecule has 0 bridgehead atoms. The van der Waals surface area contributed by atoms with Crippen LogP contribution >= 0.6 is 11.6 Å². The van der Waals surface area contributed by atoms with Crippen LogP contribution in [0.15, 0.2) is 23.2 Å². The van der Waals surface area contributed by atoms with E-state index in [1.54, 1.807) is 13.1 Å². The van der Waals surface area contributed by atoms with E-state index in [0.717, 1.165) is 45.4 Å². The summed E-state index contributed by atoms with van der Waals surface area (Å²) < 4.78 is 41.7. The second kappa shape index (κ2) is 11.7. The second-order valence-electron chi connectivity index (χ2n) is 7.54. The molecular formula is C21H30ClF2N3O3. The van der Waals surface area contributed by atoms with Gasteiger partial charge in [-0.3, -0.25) is 4.99 Å². The van der Waals surface area contributed by atoms with Gasteiger partial charge in [-0.25, -0.2) is 0 Å². The maximum absolute atomic E-state index is 12.6. The zero-order valence-corrected chi connectivity index (χ0v) is 18.0. The SMILES string of the molecule is CN=C(NCc1cc(Cl)ccc1OC(F)F)N1CCC(OCC2CCCCO2)CC1. The van der Waals surface area contributed by atoms with Crippen LogP contribution in [0.25, 0.3) is 0 Å². The molecule has 1 unspecified atom stereocenters. The Balaban J connectivity index is 1.46. The van der Waals surface area contributed by atoms with Crippen molar-refractivity contribution in [1.82, 2.24) is 10.2 Å². The highest BCUT2D eigenvalue weighted by Crippen LogP contribution is 2.25. The van der Waals surface area contributed by atoms with Crippen LogP contribution in [-0.2, 0) is 16.0 Å². The highest BCUT2D eigenvalue weighted by atomic mass is 35.5. The van der Waals surface area contributed by atoms with Crippen molar-refractivity contribution < 1.29 is 23.0 Å². The van der Waals surface area contributed by atoms with Gasteiger partial charge >= 0.3 is 6.61 Å². The van der Waals surface area contributed by atoms with Crippen LogP contribution in [-0.4, -0.2) is 63.0 Å². The number of likely N-dealkylation sites (tertiary alicyclic amines) is 1. The van der Waals surface area contributed by atoms with Crippen LogP contribution in [0.1, 0.15) is 37.7 Å². The van der Waals surface area contributed by atoms with Crippen LogP contribution in [0.3, 0.4) is 0 Å². The first-order chi connectivity index (χ1) is 14.5. The molecule has 0 saturated carbocycles. The van der Waals surface area contributed by atoms with Gasteiger partial charge in [0.05, 0.1) is 18.8 Å². The van der Waals surface area contributed by atoms with E-state index in [4.69, 9.17) is 21.1 Å². The average molecular weight is 446 g/mol. The van der Waals surface area contributed by atoms with Crippen LogP contribution in [0.5, 0.6) is 5.75 Å². The van der Waals surface area contributed by atoms with E-state index in [1.807, 2.05) is 0 Å². The molecule has 0 spiro atoms. The first-order valence-corrected chi connectivity index (χ1v) is 10.8. The number of ether oxygens (including phenoxy) is 3. The van der Waals surface area contributed by atoms with Crippen molar-refractivity contribution in [2.45, 2.75) is 57.5 Å². The molecule has 2 aliphatic heterocycles. The second-order valence-corrected chi connectivity index (χ2v) is 7.98. The molecule has 1 aromatic rings. The van der Waals surface area contributed by atoms with E-state index in [2.05, 4.69) is 19.9 Å². The summed E-state index contributed by atoms with van der Waals surface area (Å²) in [4.78, 5) is 6.48. The number of aliphatic imine (C=N–C) groups is 1. The summed E-state index contributed by atoms with van der Waals surface area (Å²) >= 11 is 6.02. The van der Waals surface area contributed by atoms with E-state index in [9.17, 15) is 8.78 Å². The maximum atomic E-state index is 12.6. The van der Waals surface area contributed by atoms with Gasteiger partial charge in [0.2, 0.25) is 0 Å². The summed E-state index contributed by atoms with van der Waals surface area (Å²) in [5.41, 5.74) is 0.551. The van der Waals surface area contributed by atoms with Gasteiger partial charge in [-0.15, -0.1) is 0 Å². The van der Waals surface area contributed by atoms with Crippen molar-refractivity contribution in [3.63, 3.8) is 0 Å². The van der Waals surface area contributed by atoms with Crippen molar-refractivity contribution in [2.24, 2.45) is 4.99 Å². The Morgan fingerprint density at radius 2 is 2.10 bits per heavy atom. The summed E-state index contributed by atoms with van der Waals surface area (Å²) in [6, 6.07) is 4.60. The summed E-state index contributed by atoms with van der Waals surface area (Å²) in [6.45, 7) is 0.523. The number of hydrogen-bond donors (Lipinski definition) is 1. The van der Waals surface area contributed by atoms with E-state index < -0.39 is 6.61 Å². The smallest absolute Gasteiger partial charge is 0.387 e. The molecule has 0 amide bonds. The Morgan fingerprint density at radius 3 is 2.77 bits per heavy atom. The van der Waals surface area contributed by atoms with E-state index in [1.165, 1.54) is 18.6 Å². The largest absolute Gasteiger partial charge is 0.434 e. The van der Waals surface area contributed by atoms with Crippen molar-refractivity contribution in [3.05, 3.63) is 28.8 Å². The first-order valence-electron chi connectivity index (χ1n) is 10.5. The highest BCUT2D eigenvalue weighted by molar-refractivity contribution is 6.30. The summed E-state index contributed by atoms with van der Waals surface area (Å²) in [5, 5.41) is 3.69. The van der Waals surface area contributed by atoms with Gasteiger partial charge in [0, 0.05) is 43.9 Å². The van der Waals surface area contributed by atoms with Gasteiger partial charge in [0.1, 0.15) is 5.75 Å². The molecule has 0 aliphatic carbocycles. The number of halogens is 3. The molecule has 30 heavy (non-hydrogen) atoms. The monoisotopic (exact) mass is 445 g/mol. The van der Waals surface area contributed by atoms with Gasteiger partial charge in [0.15, 0.2) is 5.96 Å². The van der Waals surface area contributed by atoms with E-state index in [0.29, 0.717) is 23.2 Å². The lowest BCUT2D eigenvalue weighted by Crippen LogP contribution is -2.47. The average Bonchev–Trinajstić information content (AvgIpc) is 2.75. The molecule has 3 rings (SSSR count). The predicted molar refractivity (Wildman–Crippen MR) is 112 cm³/mol. The zero-order chi connectivity index (χ0) is 21.3. The van der Waals surface area contributed by atoms with Gasteiger partial charge in [-0.2, -0.15) is 8.78 Å². The normalized spacial score (nSPS) is 21.2. The number of guanidine groups is 1. The molecule has 2 heterocycles. The number of alkyl halides is 2. The van der Waals surface area contributed by atoms with Gasteiger partial charge < -0.3 is 24.4 Å². The quantitative estimate of drug-likeness (QED) is 0.506. The van der Waals surface area contributed by atoms with Crippen LogP contribution in [0.4, 0.5) is 8.78 Å². The Kier molecular flexibility index (Phi) is 8.96. The van der Waals surface area contributed by atoms with Crippen LogP contribution in [0, 0.1) is 0 Å². The molecule has 2 fully saturated rings. The number of benzene rings is 1. The minimum atomic E-state index is -2.89. The molecule has 9 heteroatoms. The fraction of sp³-hybridized carbons (Fsp3) is 0.667. The molecule has 0 aromatic heterocycles. The van der Waals surface area contributed by atoms with Crippen molar-refractivity contribution in [1.29, 1.82) is 0 Å². The molecule has 1 N–H and O–H groups in total. The summed E-state index contributed by atoms with van der Waals surface area (Å²) in [5.74, 6) is 0.821. The third kappa shape index (κ3) is 6.96. The number of piperidine rings is 1. The third-order valence-electron chi connectivity index (χ3n) is 5.42. The minimum absolute atomic E-state index is 0.106. The lowest BCUT2D eigenvalue weighted by molar-refractivity contribution is -0.0721. The number of nitrogens with one attached hydrogen (secondary N) is 1. The maximum Gasteiger partial charge on any atom is 0.387 e. The van der Waals surface area contributed by atoms with Gasteiger partial charge in [-0.05, 0) is 50.3 Å². The van der Waals surface area contributed by atoms with E-state index in [-0.39, 0.29) is 24.5 Å². The van der Waals surface area contributed by atoms with Crippen LogP contribution in [0.2, 0.25) is 5.02 Å². The molecule has 6 nitrogen and oxygen atoms in total. The van der Waals surface area contributed by atoms with Crippen molar-refractivity contribution in [3.8, 4) is 5.75 Å². The van der Waals surface area contributed by atoms with Gasteiger partial charge in [-0.1, -0.05) is 11.6 Å². The summed E-state index contributed by atoms with van der Waals surface area (Å²) in [7, 11) is 1.71. The minimum Gasteiger partial charge on any atom is -0.434 e. The third-order valence-corrected chi connectivity index (χ3v) is 5.66. The lowest BCUT2D eigenvalue weighted by Gasteiger charge is -2.35. The van der Waals surface area contributed by atoms with Crippen molar-refractivity contribution >= 4 is 17.6 Å². The molecular weight excluding hydrogens is 416 g/mol. The number of rotatable bonds is 7. The molecule has 1 aromatic carbocycles. The molecule has 2 saturated heterocycles. The summed E-state index contributed by atoms with van der Waals surface area (Å²) in [6.07, 6.45) is 5.71. The lowest BCUT2D eigenvalue weighted by atomic mass is 10.1. The fourth-order valence-electron chi connectivity index (χ4n) is 3.82. The highest BCUT2D eigenvalue weighted by Gasteiger charge is 2.24. The molecule has 0 radical (unpaired) electrons. The fourth-order valence-corrected chi connectivity index (χ4v) is 4.01. The number of hydrogen-bond acceptors (Lipinski definition) is 4. The zero-order valence-electron chi connectivity index (χ0n) is 17.3. The topological polar surface area (TPSA) is 55.3 Å². The Bertz CT molecular complexity index is 694. The first kappa shape index (κ1) is 23.0. The molecule has 2 aliphatic rings. The molecule has 1 atom stereocenters. The van der Waals surface area contributed by atoms with Crippen LogP contribution < -0.4 is 10.1 Å². The number of nitrogens with zero attached hydrogens (tertiary/aromatic N) is 2. The van der Waals surface area contributed by atoms with E-state index >= 15 is 0 Å². The standard InChI is InChI=1S/C21H30ClF2N3O3/c1-25-21(26-13-15-12-16(22)5-6-19(15)30-20(23)24)27-9-7-17(8-10-27)29-14-18-4-2-3-11-28-18/h5-6,12,17-18,20H,2-4,7-11,13-14H2,1H3,(H,25,26). The van der Waals surface area contributed by atoms with Crippen molar-refractivity contribution in [2.75, 3.05) is 33.4 Å². The Hall–Kier alpha value is -1.64. The Morgan fingerprint density at radius 1 is 1.30 bits per heavy atom. The van der Waals surface area contributed by atoms with Gasteiger partial charge in [0.25, 0.3) is 0 Å². The predicted octanol–water partition coefficient (Wildman–Crippen LogP) is 4.07. The molecule has 168 valence electrons. The Labute approximate surface area is 181 Å².